The van der Waals surface area contributed by atoms with Crippen molar-refractivity contribution in [1.29, 1.82) is 0 Å². The molecule has 7 rings (SSSR count). The van der Waals surface area contributed by atoms with Crippen LogP contribution in [0.5, 0.6) is 34.5 Å². The van der Waals surface area contributed by atoms with E-state index in [9.17, 15) is 60.3 Å². The van der Waals surface area contributed by atoms with E-state index in [1.165, 1.54) is 5.57 Å². The van der Waals surface area contributed by atoms with Crippen molar-refractivity contribution >= 4 is 17.9 Å². The van der Waals surface area contributed by atoms with Crippen LogP contribution in [0.2, 0.25) is 0 Å². The summed E-state index contributed by atoms with van der Waals surface area (Å²) in [7, 11) is 0. The van der Waals surface area contributed by atoms with E-state index < -0.39 is 111 Å². The van der Waals surface area contributed by atoms with Crippen LogP contribution in [0.25, 0.3) is 0 Å². The highest BCUT2D eigenvalue weighted by atomic mass is 16.6. The Hall–Kier alpha value is -4.69. The minimum atomic E-state index is -1.65. The quantitative estimate of drug-likeness (QED) is 0.0889. The summed E-state index contributed by atoms with van der Waals surface area (Å²) in [4.78, 5) is 40.5. The Balaban J connectivity index is 1.30. The van der Waals surface area contributed by atoms with Crippen LogP contribution in [-0.2, 0) is 14.3 Å². The van der Waals surface area contributed by atoms with Crippen molar-refractivity contribution in [3.8, 4) is 34.5 Å². The van der Waals surface area contributed by atoms with Gasteiger partial charge in [-0.2, -0.15) is 0 Å². The fraction of sp³-hybridized carbons (Fsp3) is 0.614. The number of rotatable bonds is 7. The first-order valence-electron chi connectivity index (χ1n) is 20.2. The lowest BCUT2D eigenvalue weighted by atomic mass is 9.33. The van der Waals surface area contributed by atoms with Crippen molar-refractivity contribution in [2.24, 2.45) is 56.7 Å². The third-order valence-electron chi connectivity index (χ3n) is 16.6. The summed E-state index contributed by atoms with van der Waals surface area (Å²) in [5.74, 6) is -8.01. The Morgan fingerprint density at radius 2 is 1.34 bits per heavy atom. The maximum absolute atomic E-state index is 13.7. The molecule has 4 saturated carbocycles. The number of carboxylic acids is 1. The van der Waals surface area contributed by atoms with E-state index in [-0.39, 0.29) is 35.3 Å². The van der Waals surface area contributed by atoms with Crippen molar-refractivity contribution in [3.05, 3.63) is 47.0 Å². The number of fused-ring (bicyclic) bond motifs is 7. The number of carbonyl (C=O) groups excluding carboxylic acids is 2. The van der Waals surface area contributed by atoms with Crippen LogP contribution in [0.3, 0.4) is 0 Å². The van der Waals surface area contributed by atoms with E-state index in [2.05, 4.69) is 40.7 Å². The molecule has 0 radical (unpaired) electrons. The molecular formula is C44H56O14. The van der Waals surface area contributed by atoms with Crippen LogP contribution < -0.4 is 0 Å². The molecule has 12 atom stereocenters. The van der Waals surface area contributed by atoms with Gasteiger partial charge in [-0.05, 0) is 121 Å². The van der Waals surface area contributed by atoms with Crippen LogP contribution in [-0.4, -0.2) is 89.3 Å². The number of carbonyl (C=O) groups is 3. The Morgan fingerprint density at radius 3 is 1.90 bits per heavy atom. The molecule has 0 heterocycles. The number of aliphatic hydroxyl groups excluding tert-OH is 2. The second-order valence-electron chi connectivity index (χ2n) is 18.9. The number of phenolic OH excluding ortho intramolecular Hbond substituents is 6. The van der Waals surface area contributed by atoms with E-state index in [1.807, 2.05) is 0 Å². The number of aliphatic carboxylic acids is 1. The molecule has 2 aromatic rings. The summed E-state index contributed by atoms with van der Waals surface area (Å²) < 4.78 is 11.8. The van der Waals surface area contributed by atoms with Crippen molar-refractivity contribution in [2.75, 3.05) is 13.2 Å². The first-order chi connectivity index (χ1) is 27.1. The number of phenols is 6. The number of hydrogen-bond donors (Lipinski definition) is 9. The zero-order valence-electron chi connectivity index (χ0n) is 33.6. The molecule has 5 aliphatic carbocycles. The minimum Gasteiger partial charge on any atom is -0.504 e. The third kappa shape index (κ3) is 5.75. The average Bonchev–Trinajstić information content (AvgIpc) is 3.16. The predicted molar refractivity (Wildman–Crippen MR) is 206 cm³/mol. The fourth-order valence-electron chi connectivity index (χ4n) is 13.1. The first-order valence-corrected chi connectivity index (χ1v) is 20.2. The van der Waals surface area contributed by atoms with Gasteiger partial charge < -0.3 is 55.4 Å². The monoisotopic (exact) mass is 808 g/mol. The summed E-state index contributed by atoms with van der Waals surface area (Å²) in [6.07, 6.45) is 3.76. The molecule has 0 aliphatic heterocycles. The molecular weight excluding hydrogens is 752 g/mol. The van der Waals surface area contributed by atoms with Gasteiger partial charge in [0.1, 0.15) is 12.7 Å². The molecule has 58 heavy (non-hydrogen) atoms. The summed E-state index contributed by atoms with van der Waals surface area (Å²) >= 11 is 0. The molecule has 0 saturated heterocycles. The summed E-state index contributed by atoms with van der Waals surface area (Å²) in [6.45, 7) is 9.66. The maximum Gasteiger partial charge on any atom is 0.338 e. The minimum absolute atomic E-state index is 0.118. The van der Waals surface area contributed by atoms with Crippen molar-refractivity contribution in [3.63, 3.8) is 0 Å². The smallest absolute Gasteiger partial charge is 0.338 e. The van der Waals surface area contributed by atoms with Gasteiger partial charge in [0.2, 0.25) is 0 Å². The molecule has 4 fully saturated rings. The number of ether oxygens (including phenoxy) is 2. The van der Waals surface area contributed by atoms with Gasteiger partial charge in [-0.25, -0.2) is 9.59 Å². The predicted octanol–water partition coefficient (Wildman–Crippen LogP) is 5.97. The SMILES string of the molecule is C[C@H]1[C@H](C)CC[C@]2(C(=O)O)CC[C@]3(C)C(=CC[C@@H]4[C@@]5(C)C[C@@H](O)[C@H](OC(=O)c6cc(O)c(O)c(O)c6)[C@](CO)(COC(=O)c6cc(O)c(O)c(O)c6)[C@@H]5CC[C@]43C)[C@H]12. The summed E-state index contributed by atoms with van der Waals surface area (Å²) in [5, 5.41) is 94.9. The highest BCUT2D eigenvalue weighted by Crippen LogP contribution is 2.76. The zero-order chi connectivity index (χ0) is 42.5. The van der Waals surface area contributed by atoms with Crippen LogP contribution in [0.15, 0.2) is 35.9 Å². The molecule has 316 valence electrons. The molecule has 2 aromatic carbocycles. The van der Waals surface area contributed by atoms with Crippen molar-refractivity contribution in [2.45, 2.75) is 98.2 Å². The lowest BCUT2D eigenvalue weighted by molar-refractivity contribution is -0.256. The lowest BCUT2D eigenvalue weighted by Gasteiger charge is -2.71. The van der Waals surface area contributed by atoms with Crippen LogP contribution >= 0.6 is 0 Å². The van der Waals surface area contributed by atoms with Gasteiger partial charge in [0, 0.05) is 0 Å². The lowest BCUT2D eigenvalue weighted by Crippen LogP contribution is -2.70. The highest BCUT2D eigenvalue weighted by molar-refractivity contribution is 5.92. The number of allylic oxidation sites excluding steroid dienone is 2. The molecule has 14 nitrogen and oxygen atoms in total. The van der Waals surface area contributed by atoms with Gasteiger partial charge in [-0.15, -0.1) is 0 Å². The number of hydrogen-bond acceptors (Lipinski definition) is 13. The van der Waals surface area contributed by atoms with E-state index in [0.29, 0.717) is 44.4 Å². The first kappa shape index (κ1) is 41.5. The Kier molecular flexibility index (Phi) is 9.98. The largest absolute Gasteiger partial charge is 0.504 e. The number of aliphatic hydroxyl groups is 2. The molecule has 0 spiro atoms. The van der Waals surface area contributed by atoms with Gasteiger partial charge >= 0.3 is 17.9 Å². The molecule has 5 aliphatic rings. The number of carboxylic acid groups (broad SMARTS) is 1. The molecule has 14 heteroatoms. The van der Waals surface area contributed by atoms with Gasteiger partial charge in [0.25, 0.3) is 0 Å². The van der Waals surface area contributed by atoms with Crippen LogP contribution in [0.4, 0.5) is 0 Å². The summed E-state index contributed by atoms with van der Waals surface area (Å²) in [5.41, 5.74) is -3.53. The topological polar surface area (TPSA) is 252 Å². The molecule has 0 bridgehead atoms. The molecule has 0 amide bonds. The highest BCUT2D eigenvalue weighted by Gasteiger charge is 2.72. The molecule has 0 unspecified atom stereocenters. The van der Waals surface area contributed by atoms with Gasteiger partial charge in [0.05, 0.1) is 34.7 Å². The van der Waals surface area contributed by atoms with Crippen molar-refractivity contribution in [1.82, 2.24) is 0 Å². The standard InChI is InChI=1S/C44H56O14/c1-21-8-11-43(39(55)56)13-12-41(4)25(33(43)22(21)2)6-7-31-40(3)18-30(50)36(58-38(54)24-16-28(48)35(52)29(49)17-24)44(19-45,32(40)9-10-42(31,41)5)20-57-37(53)23-14-26(46)34(51)27(47)15-23/h6,14-17,21-22,30-33,36,45-52H,7-13,18-20H2,1-5H3,(H,55,56)/t21-,22+,30-,31-,32-,33+,36+,40-,41-,42-,43+,44-/m1/s1. The Labute approximate surface area is 336 Å². The third-order valence-corrected chi connectivity index (χ3v) is 16.6. The second kappa shape index (κ2) is 14.0. The van der Waals surface area contributed by atoms with E-state index in [4.69, 9.17) is 9.47 Å². The number of esters is 2. The number of benzene rings is 2. The Morgan fingerprint density at radius 1 is 0.776 bits per heavy atom. The van der Waals surface area contributed by atoms with Gasteiger partial charge in [-0.1, -0.05) is 46.3 Å². The van der Waals surface area contributed by atoms with Gasteiger partial charge in [-0.3, -0.25) is 4.79 Å². The fourth-order valence-corrected chi connectivity index (χ4v) is 13.1. The van der Waals surface area contributed by atoms with E-state index >= 15 is 0 Å². The van der Waals surface area contributed by atoms with Crippen molar-refractivity contribution < 1.29 is 69.8 Å². The average molecular weight is 809 g/mol. The normalized spacial score (nSPS) is 39.2. The van der Waals surface area contributed by atoms with E-state index in [1.54, 1.807) is 0 Å². The number of aromatic hydroxyl groups is 6. The summed E-state index contributed by atoms with van der Waals surface area (Å²) in [6, 6.07) is 3.58. The van der Waals surface area contributed by atoms with Crippen LogP contribution in [0, 0.1) is 56.7 Å². The van der Waals surface area contributed by atoms with Crippen LogP contribution in [0.1, 0.15) is 107 Å². The zero-order valence-corrected chi connectivity index (χ0v) is 33.6. The van der Waals surface area contributed by atoms with E-state index in [0.717, 1.165) is 30.7 Å². The second-order valence-corrected chi connectivity index (χ2v) is 18.9. The van der Waals surface area contributed by atoms with Gasteiger partial charge in [0.15, 0.2) is 34.5 Å². The molecule has 9 N–H and O–H groups in total. The maximum atomic E-state index is 13.7. The Bertz CT molecular complexity index is 2020. The molecule has 0 aromatic heterocycles.